The van der Waals surface area contributed by atoms with Gasteiger partial charge >= 0.3 is 0 Å². The number of carbonyl (C=O) groups excluding carboxylic acids is 1. The number of carbonyl (C=O) groups is 1. The maximum absolute atomic E-state index is 11.9. The Morgan fingerprint density at radius 3 is 2.50 bits per heavy atom. The van der Waals surface area contributed by atoms with Gasteiger partial charge in [0.2, 0.25) is 0 Å². The Morgan fingerprint density at radius 2 is 1.85 bits per heavy atom. The Balaban J connectivity index is 1.68. The smallest absolute Gasteiger partial charge is 0.269 e. The van der Waals surface area contributed by atoms with Crippen LogP contribution in [-0.2, 0) is 0 Å². The van der Waals surface area contributed by atoms with Crippen LogP contribution >= 0.6 is 0 Å². The van der Waals surface area contributed by atoms with Crippen molar-refractivity contribution in [2.45, 2.75) is 18.9 Å². The van der Waals surface area contributed by atoms with Crippen LogP contribution in [0.1, 0.15) is 29.4 Å². The van der Waals surface area contributed by atoms with Crippen molar-refractivity contribution in [3.8, 4) is 11.3 Å². The minimum Gasteiger partial charge on any atom is -0.364 e. The lowest BCUT2D eigenvalue weighted by Crippen LogP contribution is -2.48. The van der Waals surface area contributed by atoms with Crippen molar-refractivity contribution in [3.63, 3.8) is 0 Å². The van der Waals surface area contributed by atoms with Crippen LogP contribution < -0.4 is 5.73 Å². The van der Waals surface area contributed by atoms with Crippen LogP contribution in [0, 0.1) is 5.92 Å². The maximum atomic E-state index is 11.9. The standard InChI is InChI=1S/C20H21N5O/c21-19(26)18-15-6-7-16(13-4-2-1-3-5-13)22-20(15)25(23-18)17-12-24-10-8-14(17)9-11-24/h1-7,14,17H,8-12H2,(H2,21,26)/t17-/m1/s1. The number of nitrogens with two attached hydrogens (primary N) is 1. The molecule has 3 aromatic rings. The van der Waals surface area contributed by atoms with E-state index in [9.17, 15) is 4.79 Å². The molecule has 0 unspecified atom stereocenters. The van der Waals surface area contributed by atoms with Gasteiger partial charge in [-0.15, -0.1) is 0 Å². The summed E-state index contributed by atoms with van der Waals surface area (Å²) in [4.78, 5) is 19.3. The summed E-state index contributed by atoms with van der Waals surface area (Å²) in [6, 6.07) is 14.2. The van der Waals surface area contributed by atoms with Crippen molar-refractivity contribution in [1.82, 2.24) is 19.7 Å². The zero-order chi connectivity index (χ0) is 17.7. The molecule has 6 heteroatoms. The SMILES string of the molecule is NC(=O)c1nn([C@@H]2CN3CCC2CC3)c2nc(-c3ccccc3)ccc12. The van der Waals surface area contributed by atoms with Crippen LogP contribution in [0.3, 0.4) is 0 Å². The highest BCUT2D eigenvalue weighted by atomic mass is 16.1. The fourth-order valence-corrected chi connectivity index (χ4v) is 4.41. The predicted molar refractivity (Wildman–Crippen MR) is 99.7 cm³/mol. The van der Waals surface area contributed by atoms with Crippen LogP contribution in [0.4, 0.5) is 0 Å². The van der Waals surface area contributed by atoms with Gasteiger partial charge in [0.25, 0.3) is 5.91 Å². The van der Waals surface area contributed by atoms with Gasteiger partial charge in [-0.1, -0.05) is 30.3 Å². The maximum Gasteiger partial charge on any atom is 0.269 e. The molecule has 6 nitrogen and oxygen atoms in total. The van der Waals surface area contributed by atoms with E-state index in [-0.39, 0.29) is 6.04 Å². The third-order valence-corrected chi connectivity index (χ3v) is 5.79. The number of aromatic nitrogens is 3. The Morgan fingerprint density at radius 1 is 1.08 bits per heavy atom. The third-order valence-electron chi connectivity index (χ3n) is 5.79. The molecular formula is C20H21N5O. The highest BCUT2D eigenvalue weighted by Crippen LogP contribution is 2.37. The number of benzene rings is 1. The van der Waals surface area contributed by atoms with Gasteiger partial charge in [-0.25, -0.2) is 9.67 Å². The summed E-state index contributed by atoms with van der Waals surface area (Å²) < 4.78 is 1.97. The molecule has 0 aliphatic carbocycles. The van der Waals surface area contributed by atoms with Gasteiger partial charge < -0.3 is 10.6 Å². The molecule has 1 atom stereocenters. The van der Waals surface area contributed by atoms with E-state index in [1.165, 1.54) is 12.8 Å². The normalized spacial score (nSPS) is 24.8. The van der Waals surface area contributed by atoms with Gasteiger partial charge in [0.15, 0.2) is 11.3 Å². The number of fused-ring (bicyclic) bond motifs is 4. The molecule has 3 saturated heterocycles. The molecule has 6 rings (SSSR count). The van der Waals surface area contributed by atoms with Crippen LogP contribution in [0.25, 0.3) is 22.3 Å². The Kier molecular flexibility index (Phi) is 3.53. The largest absolute Gasteiger partial charge is 0.364 e. The lowest BCUT2D eigenvalue weighted by Gasteiger charge is -2.44. The fourth-order valence-electron chi connectivity index (χ4n) is 4.41. The minimum atomic E-state index is -0.496. The van der Waals surface area contributed by atoms with E-state index >= 15 is 0 Å². The van der Waals surface area contributed by atoms with E-state index in [1.54, 1.807) is 0 Å². The van der Waals surface area contributed by atoms with Crippen molar-refractivity contribution in [2.75, 3.05) is 19.6 Å². The Hall–Kier alpha value is -2.73. The zero-order valence-corrected chi connectivity index (χ0v) is 14.5. The third kappa shape index (κ3) is 2.41. The average molecular weight is 347 g/mol. The second kappa shape index (κ2) is 5.92. The molecule has 1 amide bonds. The van der Waals surface area contributed by atoms with Crippen molar-refractivity contribution in [2.24, 2.45) is 11.7 Å². The summed E-state index contributed by atoms with van der Waals surface area (Å²) >= 11 is 0. The van der Waals surface area contributed by atoms with E-state index in [0.29, 0.717) is 11.6 Å². The number of rotatable bonds is 3. The second-order valence-electron chi connectivity index (χ2n) is 7.30. The number of hydrogen-bond acceptors (Lipinski definition) is 4. The molecule has 0 saturated carbocycles. The first-order valence-electron chi connectivity index (χ1n) is 9.17. The average Bonchev–Trinajstić information content (AvgIpc) is 3.08. The van der Waals surface area contributed by atoms with Gasteiger partial charge in [0, 0.05) is 12.1 Å². The van der Waals surface area contributed by atoms with Gasteiger partial charge in [-0.3, -0.25) is 4.79 Å². The number of pyridine rings is 1. The zero-order valence-electron chi connectivity index (χ0n) is 14.5. The van der Waals surface area contributed by atoms with E-state index < -0.39 is 5.91 Å². The summed E-state index contributed by atoms with van der Waals surface area (Å²) in [7, 11) is 0. The van der Waals surface area contributed by atoms with Gasteiger partial charge in [-0.05, 0) is 44.0 Å². The van der Waals surface area contributed by atoms with E-state index in [2.05, 4.69) is 10.00 Å². The monoisotopic (exact) mass is 347 g/mol. The molecule has 2 bridgehead atoms. The highest BCUT2D eigenvalue weighted by molar-refractivity contribution is 6.03. The van der Waals surface area contributed by atoms with Gasteiger partial charge in [0.05, 0.1) is 17.1 Å². The summed E-state index contributed by atoms with van der Waals surface area (Å²) in [5, 5.41) is 5.36. The van der Waals surface area contributed by atoms with E-state index in [0.717, 1.165) is 41.9 Å². The lowest BCUT2D eigenvalue weighted by atomic mass is 9.84. The predicted octanol–water partition coefficient (Wildman–Crippen LogP) is 2.46. The van der Waals surface area contributed by atoms with Crippen molar-refractivity contribution in [3.05, 3.63) is 48.2 Å². The minimum absolute atomic E-state index is 0.256. The van der Waals surface area contributed by atoms with E-state index in [4.69, 9.17) is 10.7 Å². The summed E-state index contributed by atoms with van der Waals surface area (Å²) in [5.74, 6) is 0.0929. The lowest BCUT2D eigenvalue weighted by molar-refractivity contribution is 0.0528. The number of piperidine rings is 3. The van der Waals surface area contributed by atoms with Crippen molar-refractivity contribution >= 4 is 16.9 Å². The van der Waals surface area contributed by atoms with E-state index in [1.807, 2.05) is 47.1 Å². The number of hydrogen-bond donors (Lipinski definition) is 1. The highest BCUT2D eigenvalue weighted by Gasteiger charge is 2.37. The molecule has 132 valence electrons. The molecule has 26 heavy (non-hydrogen) atoms. The Labute approximate surface area is 151 Å². The van der Waals surface area contributed by atoms with Crippen molar-refractivity contribution in [1.29, 1.82) is 0 Å². The van der Waals surface area contributed by atoms with Gasteiger partial charge in [0.1, 0.15) is 0 Å². The van der Waals surface area contributed by atoms with Crippen LogP contribution in [0.15, 0.2) is 42.5 Å². The van der Waals surface area contributed by atoms with Gasteiger partial charge in [-0.2, -0.15) is 5.10 Å². The van der Waals surface area contributed by atoms with Crippen LogP contribution in [0.2, 0.25) is 0 Å². The fraction of sp³-hybridized carbons (Fsp3) is 0.350. The van der Waals surface area contributed by atoms with Crippen LogP contribution in [0.5, 0.6) is 0 Å². The summed E-state index contributed by atoms with van der Waals surface area (Å²) in [6.45, 7) is 3.29. The Bertz CT molecular complexity index is 973. The molecule has 0 spiro atoms. The molecule has 1 aromatic carbocycles. The quantitative estimate of drug-likeness (QED) is 0.789. The second-order valence-corrected chi connectivity index (χ2v) is 7.30. The number of primary amides is 1. The topological polar surface area (TPSA) is 77.0 Å². The number of nitrogens with zero attached hydrogens (tertiary/aromatic N) is 4. The molecule has 3 aliphatic heterocycles. The molecule has 0 radical (unpaired) electrons. The molecule has 3 aliphatic rings. The summed E-state index contributed by atoms with van der Waals surface area (Å²) in [6.07, 6.45) is 2.35. The summed E-state index contributed by atoms with van der Waals surface area (Å²) in [5.41, 5.74) is 8.62. The van der Waals surface area contributed by atoms with Crippen molar-refractivity contribution < 1.29 is 4.79 Å². The first kappa shape index (κ1) is 15.5. The number of amides is 1. The molecular weight excluding hydrogens is 326 g/mol. The molecule has 3 fully saturated rings. The first-order chi connectivity index (χ1) is 12.7. The molecule has 5 heterocycles. The molecule has 2 N–H and O–H groups in total. The molecule has 2 aromatic heterocycles. The first-order valence-corrected chi connectivity index (χ1v) is 9.17. The van der Waals surface area contributed by atoms with Crippen LogP contribution in [-0.4, -0.2) is 45.2 Å².